The van der Waals surface area contributed by atoms with Gasteiger partial charge in [-0.3, -0.25) is 4.79 Å². The minimum Gasteiger partial charge on any atom is -0.353 e. The van der Waals surface area contributed by atoms with E-state index in [0.29, 0.717) is 6.04 Å². The lowest BCUT2D eigenvalue weighted by Crippen LogP contribution is -2.45. The van der Waals surface area contributed by atoms with E-state index in [4.69, 9.17) is 0 Å². The van der Waals surface area contributed by atoms with Crippen molar-refractivity contribution in [2.24, 2.45) is 11.3 Å². The predicted molar refractivity (Wildman–Crippen MR) is 67.3 cm³/mol. The van der Waals surface area contributed by atoms with Crippen molar-refractivity contribution in [3.8, 4) is 0 Å². The van der Waals surface area contributed by atoms with Crippen LogP contribution in [0, 0.1) is 11.3 Å². The Morgan fingerprint density at radius 2 is 2.19 bits per heavy atom. The summed E-state index contributed by atoms with van der Waals surface area (Å²) in [6.45, 7) is 10.2. The Morgan fingerprint density at radius 1 is 1.50 bits per heavy atom. The molecule has 2 N–H and O–H groups in total. The maximum atomic E-state index is 11.9. The van der Waals surface area contributed by atoms with E-state index in [-0.39, 0.29) is 17.2 Å². The highest BCUT2D eigenvalue weighted by Gasteiger charge is 2.35. The van der Waals surface area contributed by atoms with Crippen molar-refractivity contribution >= 4 is 5.91 Å². The zero-order valence-electron chi connectivity index (χ0n) is 11.1. The van der Waals surface area contributed by atoms with Gasteiger partial charge in [0.25, 0.3) is 0 Å². The molecule has 0 bridgehead atoms. The maximum Gasteiger partial charge on any atom is 0.224 e. The molecule has 3 nitrogen and oxygen atoms in total. The SMILES string of the molecule is CCNCC(C)C(=O)NC1CCCC1(C)C. The first kappa shape index (κ1) is 13.5. The summed E-state index contributed by atoms with van der Waals surface area (Å²) >= 11 is 0. The number of nitrogens with one attached hydrogen (secondary N) is 2. The van der Waals surface area contributed by atoms with Crippen molar-refractivity contribution < 1.29 is 4.79 Å². The van der Waals surface area contributed by atoms with Gasteiger partial charge in [-0.05, 0) is 24.8 Å². The van der Waals surface area contributed by atoms with E-state index in [9.17, 15) is 4.79 Å². The van der Waals surface area contributed by atoms with Crippen molar-refractivity contribution in [2.75, 3.05) is 13.1 Å². The van der Waals surface area contributed by atoms with Crippen LogP contribution in [0.25, 0.3) is 0 Å². The summed E-state index contributed by atoms with van der Waals surface area (Å²) in [6.07, 6.45) is 3.59. The lowest BCUT2D eigenvalue weighted by Gasteiger charge is -2.29. The first-order valence-corrected chi connectivity index (χ1v) is 6.48. The fraction of sp³-hybridized carbons (Fsp3) is 0.923. The highest BCUT2D eigenvalue weighted by molar-refractivity contribution is 5.78. The monoisotopic (exact) mass is 226 g/mol. The third kappa shape index (κ3) is 3.48. The van der Waals surface area contributed by atoms with E-state index in [1.807, 2.05) is 6.92 Å². The Hall–Kier alpha value is -0.570. The number of amides is 1. The molecule has 1 aliphatic rings. The number of carbonyl (C=O) groups is 1. The Kier molecular flexibility index (Phi) is 4.78. The minimum absolute atomic E-state index is 0.0661. The van der Waals surface area contributed by atoms with Crippen LogP contribution in [0.15, 0.2) is 0 Å². The van der Waals surface area contributed by atoms with Gasteiger partial charge in [-0.1, -0.05) is 34.1 Å². The lowest BCUT2D eigenvalue weighted by molar-refractivity contribution is -0.125. The predicted octanol–water partition coefficient (Wildman–Crippen LogP) is 1.93. The zero-order chi connectivity index (χ0) is 12.2. The fourth-order valence-corrected chi connectivity index (χ4v) is 2.36. The summed E-state index contributed by atoms with van der Waals surface area (Å²) in [7, 11) is 0. The van der Waals surface area contributed by atoms with Crippen molar-refractivity contribution in [2.45, 2.75) is 53.0 Å². The molecule has 1 aliphatic carbocycles. The molecule has 0 radical (unpaired) electrons. The average Bonchev–Trinajstić information content (AvgIpc) is 2.54. The van der Waals surface area contributed by atoms with Gasteiger partial charge >= 0.3 is 0 Å². The standard InChI is InChI=1S/C13H26N2O/c1-5-14-9-10(2)12(16)15-11-7-6-8-13(11,3)4/h10-11,14H,5-9H2,1-4H3,(H,15,16). The molecular formula is C13H26N2O. The molecule has 0 aromatic heterocycles. The van der Waals surface area contributed by atoms with Crippen LogP contribution in [0.3, 0.4) is 0 Å². The van der Waals surface area contributed by atoms with Crippen LogP contribution in [0.4, 0.5) is 0 Å². The third-order valence-corrected chi connectivity index (χ3v) is 3.72. The molecule has 2 atom stereocenters. The first-order valence-electron chi connectivity index (χ1n) is 6.48. The van der Waals surface area contributed by atoms with Crippen molar-refractivity contribution in [1.29, 1.82) is 0 Å². The summed E-state index contributed by atoms with van der Waals surface area (Å²) in [5.74, 6) is 0.261. The third-order valence-electron chi connectivity index (χ3n) is 3.72. The Morgan fingerprint density at radius 3 is 2.69 bits per heavy atom. The van der Waals surface area contributed by atoms with Crippen LogP contribution < -0.4 is 10.6 Å². The van der Waals surface area contributed by atoms with Crippen LogP contribution in [-0.4, -0.2) is 25.0 Å². The molecule has 0 saturated heterocycles. The topological polar surface area (TPSA) is 41.1 Å². The quantitative estimate of drug-likeness (QED) is 0.752. The van der Waals surface area contributed by atoms with E-state index in [1.165, 1.54) is 12.8 Å². The van der Waals surface area contributed by atoms with Gasteiger partial charge in [0.15, 0.2) is 0 Å². The second kappa shape index (κ2) is 5.67. The molecule has 2 unspecified atom stereocenters. The molecule has 1 rings (SSSR count). The number of carbonyl (C=O) groups excluding carboxylic acids is 1. The van der Waals surface area contributed by atoms with E-state index < -0.39 is 0 Å². The van der Waals surface area contributed by atoms with E-state index >= 15 is 0 Å². The molecule has 0 aromatic rings. The van der Waals surface area contributed by atoms with Gasteiger partial charge in [0, 0.05) is 18.5 Å². The largest absolute Gasteiger partial charge is 0.353 e. The molecule has 0 aliphatic heterocycles. The van der Waals surface area contributed by atoms with E-state index in [0.717, 1.165) is 19.5 Å². The molecule has 1 amide bonds. The van der Waals surface area contributed by atoms with Gasteiger partial charge in [-0.25, -0.2) is 0 Å². The Balaban J connectivity index is 2.39. The van der Waals surface area contributed by atoms with Crippen molar-refractivity contribution in [3.05, 3.63) is 0 Å². The van der Waals surface area contributed by atoms with Gasteiger partial charge in [-0.15, -0.1) is 0 Å². The van der Waals surface area contributed by atoms with E-state index in [2.05, 4.69) is 31.4 Å². The van der Waals surface area contributed by atoms with Gasteiger partial charge < -0.3 is 10.6 Å². The van der Waals surface area contributed by atoms with E-state index in [1.54, 1.807) is 0 Å². The van der Waals surface area contributed by atoms with Crippen LogP contribution in [0.5, 0.6) is 0 Å². The molecular weight excluding hydrogens is 200 g/mol. The number of hydrogen-bond acceptors (Lipinski definition) is 2. The smallest absolute Gasteiger partial charge is 0.224 e. The van der Waals surface area contributed by atoms with Gasteiger partial charge in [0.2, 0.25) is 5.91 Å². The summed E-state index contributed by atoms with van der Waals surface area (Å²) < 4.78 is 0. The molecule has 0 spiro atoms. The second-order valence-corrected chi connectivity index (χ2v) is 5.65. The molecule has 94 valence electrons. The summed E-state index contributed by atoms with van der Waals surface area (Å²) in [5.41, 5.74) is 0.271. The number of hydrogen-bond donors (Lipinski definition) is 2. The molecule has 16 heavy (non-hydrogen) atoms. The first-order chi connectivity index (χ1) is 7.47. The van der Waals surface area contributed by atoms with Crippen LogP contribution in [-0.2, 0) is 4.79 Å². The minimum atomic E-state index is 0.0661. The molecule has 3 heteroatoms. The summed E-state index contributed by atoms with van der Waals surface area (Å²) in [5, 5.41) is 6.41. The van der Waals surface area contributed by atoms with Gasteiger partial charge in [0.1, 0.15) is 0 Å². The van der Waals surface area contributed by atoms with Crippen molar-refractivity contribution in [3.63, 3.8) is 0 Å². The highest BCUT2D eigenvalue weighted by Crippen LogP contribution is 2.37. The molecule has 1 fully saturated rings. The number of rotatable bonds is 5. The van der Waals surface area contributed by atoms with Crippen LogP contribution >= 0.6 is 0 Å². The summed E-state index contributed by atoms with van der Waals surface area (Å²) in [6, 6.07) is 0.365. The van der Waals surface area contributed by atoms with Gasteiger partial charge in [-0.2, -0.15) is 0 Å². The molecule has 0 aromatic carbocycles. The molecule has 0 heterocycles. The highest BCUT2D eigenvalue weighted by atomic mass is 16.1. The normalized spacial score (nSPS) is 25.4. The second-order valence-electron chi connectivity index (χ2n) is 5.65. The molecule has 1 saturated carbocycles. The van der Waals surface area contributed by atoms with Crippen LogP contribution in [0.2, 0.25) is 0 Å². The Bertz CT molecular complexity index is 238. The average molecular weight is 226 g/mol. The lowest BCUT2D eigenvalue weighted by atomic mass is 9.87. The fourth-order valence-electron chi connectivity index (χ4n) is 2.36. The zero-order valence-corrected chi connectivity index (χ0v) is 11.1. The van der Waals surface area contributed by atoms with Crippen LogP contribution in [0.1, 0.15) is 47.0 Å². The maximum absolute atomic E-state index is 11.9. The van der Waals surface area contributed by atoms with Gasteiger partial charge in [0.05, 0.1) is 0 Å². The Labute approximate surface area is 99.4 Å². The van der Waals surface area contributed by atoms with Crippen molar-refractivity contribution in [1.82, 2.24) is 10.6 Å². The summed E-state index contributed by atoms with van der Waals surface area (Å²) in [4.78, 5) is 11.9.